The topological polar surface area (TPSA) is 65.0 Å². The maximum absolute atomic E-state index is 13.2. The number of aliphatic hydroxyl groups is 1. The number of thioether (sulfide) groups is 1. The molecule has 1 N–H and O–H groups in total. The molecule has 1 heterocycles. The molecule has 0 aromatic heterocycles. The number of carbonyl (C=O) groups excluding carboxylic acids is 1. The lowest BCUT2D eigenvalue weighted by Gasteiger charge is -2.41. The summed E-state index contributed by atoms with van der Waals surface area (Å²) in [7, 11) is 1.62. The van der Waals surface area contributed by atoms with Gasteiger partial charge in [0.15, 0.2) is 0 Å². The number of methoxy groups -OCH3 is 1. The maximum Gasteiger partial charge on any atom is 0.349 e. The van der Waals surface area contributed by atoms with Gasteiger partial charge < -0.3 is 19.3 Å². The van der Waals surface area contributed by atoms with Gasteiger partial charge in [-0.1, -0.05) is 36.7 Å². The zero-order valence-corrected chi connectivity index (χ0v) is 21.0. The largest absolute Gasteiger partial charge is 0.511 e. The van der Waals surface area contributed by atoms with Gasteiger partial charge in [-0.3, -0.25) is 0 Å². The Kier molecular flexibility index (Phi) is 7.77. The third-order valence-electron chi connectivity index (χ3n) is 6.72. The number of cyclic esters (lactones) is 1. The summed E-state index contributed by atoms with van der Waals surface area (Å²) in [6, 6.07) is 15.6. The number of hydrogen-bond donors (Lipinski definition) is 1. The van der Waals surface area contributed by atoms with Gasteiger partial charge in [0.2, 0.25) is 0 Å². The Morgan fingerprint density at radius 1 is 1.06 bits per heavy atom. The lowest BCUT2D eigenvalue weighted by Crippen LogP contribution is -2.45. The summed E-state index contributed by atoms with van der Waals surface area (Å²) >= 11 is 1.25. The average molecular weight is 483 g/mol. The summed E-state index contributed by atoms with van der Waals surface area (Å²) < 4.78 is 17.2. The number of esters is 1. The number of carbonyl (C=O) groups is 1. The third-order valence-corrected chi connectivity index (χ3v) is 7.83. The normalized spacial score (nSPS) is 21.1. The summed E-state index contributed by atoms with van der Waals surface area (Å²) in [6.07, 6.45) is 6.32. The highest BCUT2D eigenvalue weighted by Crippen LogP contribution is 2.48. The summed E-state index contributed by atoms with van der Waals surface area (Å²) in [5.41, 5.74) is 0.515. The molecule has 0 bridgehead atoms. The molecule has 6 heteroatoms. The fourth-order valence-corrected chi connectivity index (χ4v) is 5.82. The summed E-state index contributed by atoms with van der Waals surface area (Å²) in [5.74, 6) is 1.60. The fourth-order valence-electron chi connectivity index (χ4n) is 5.00. The fraction of sp³-hybridized carbons (Fsp3) is 0.464. The van der Waals surface area contributed by atoms with E-state index in [2.05, 4.69) is 12.1 Å². The lowest BCUT2D eigenvalue weighted by molar-refractivity contribution is -0.166. The van der Waals surface area contributed by atoms with Crippen LogP contribution in [0.25, 0.3) is 0 Å². The van der Waals surface area contributed by atoms with E-state index in [1.54, 1.807) is 7.11 Å². The molecule has 0 radical (unpaired) electrons. The number of aliphatic hydroxyl groups excluding tert-OH is 1. The SMILES string of the molecule is COc1ccc(SC2=C(O)CC(CCc3ccc(OC(C)C)cc3)(C3CCCC3)OC2=O)cc1. The van der Waals surface area contributed by atoms with E-state index < -0.39 is 11.6 Å². The smallest absolute Gasteiger partial charge is 0.349 e. The number of rotatable bonds is 9. The molecule has 2 aromatic carbocycles. The van der Waals surface area contributed by atoms with Crippen LogP contribution in [-0.4, -0.2) is 29.9 Å². The van der Waals surface area contributed by atoms with Crippen LogP contribution in [0.15, 0.2) is 64.1 Å². The summed E-state index contributed by atoms with van der Waals surface area (Å²) in [6.45, 7) is 4.02. The van der Waals surface area contributed by atoms with E-state index in [1.165, 1.54) is 17.3 Å². The number of hydrogen-bond acceptors (Lipinski definition) is 6. The Labute approximate surface area is 206 Å². The maximum atomic E-state index is 13.2. The van der Waals surface area contributed by atoms with Crippen LogP contribution in [0.5, 0.6) is 11.5 Å². The van der Waals surface area contributed by atoms with Crippen molar-refractivity contribution in [2.75, 3.05) is 7.11 Å². The van der Waals surface area contributed by atoms with Gasteiger partial charge in [0.1, 0.15) is 27.8 Å². The van der Waals surface area contributed by atoms with Crippen molar-refractivity contribution in [1.29, 1.82) is 0 Å². The molecule has 4 rings (SSSR count). The van der Waals surface area contributed by atoms with Crippen LogP contribution in [-0.2, 0) is 16.0 Å². The van der Waals surface area contributed by atoms with Crippen molar-refractivity contribution < 1.29 is 24.1 Å². The molecule has 34 heavy (non-hydrogen) atoms. The Balaban J connectivity index is 1.51. The molecule has 1 unspecified atom stereocenters. The molecule has 1 atom stereocenters. The molecule has 0 saturated heterocycles. The van der Waals surface area contributed by atoms with Crippen molar-refractivity contribution in [2.24, 2.45) is 5.92 Å². The van der Waals surface area contributed by atoms with Gasteiger partial charge in [-0.2, -0.15) is 0 Å². The van der Waals surface area contributed by atoms with Crippen molar-refractivity contribution >= 4 is 17.7 Å². The monoisotopic (exact) mass is 482 g/mol. The van der Waals surface area contributed by atoms with Crippen molar-refractivity contribution in [3.63, 3.8) is 0 Å². The molecular weight excluding hydrogens is 448 g/mol. The average Bonchev–Trinajstić information content (AvgIpc) is 3.37. The Morgan fingerprint density at radius 3 is 2.29 bits per heavy atom. The molecule has 182 valence electrons. The zero-order chi connectivity index (χ0) is 24.1. The molecule has 1 fully saturated rings. The Morgan fingerprint density at radius 2 is 1.71 bits per heavy atom. The van der Waals surface area contributed by atoms with Gasteiger partial charge in [0.05, 0.1) is 13.2 Å². The van der Waals surface area contributed by atoms with Crippen LogP contribution in [0.1, 0.15) is 57.9 Å². The molecule has 0 spiro atoms. The quantitative estimate of drug-likeness (QED) is 0.394. The Hall–Kier alpha value is -2.60. The van der Waals surface area contributed by atoms with Gasteiger partial charge in [-0.15, -0.1) is 0 Å². The van der Waals surface area contributed by atoms with E-state index in [4.69, 9.17) is 14.2 Å². The molecule has 1 saturated carbocycles. The van der Waals surface area contributed by atoms with E-state index in [9.17, 15) is 9.90 Å². The van der Waals surface area contributed by atoms with E-state index >= 15 is 0 Å². The number of aryl methyl sites for hydroxylation is 1. The highest BCUT2D eigenvalue weighted by atomic mass is 32.2. The predicted octanol–water partition coefficient (Wildman–Crippen LogP) is 6.85. The van der Waals surface area contributed by atoms with Crippen molar-refractivity contribution in [1.82, 2.24) is 0 Å². The van der Waals surface area contributed by atoms with Gasteiger partial charge in [-0.05, 0) is 87.4 Å². The number of ether oxygens (including phenoxy) is 3. The van der Waals surface area contributed by atoms with Crippen LogP contribution < -0.4 is 9.47 Å². The number of benzene rings is 2. The first kappa shape index (κ1) is 24.5. The minimum absolute atomic E-state index is 0.137. The second kappa shape index (κ2) is 10.8. The summed E-state index contributed by atoms with van der Waals surface area (Å²) in [5, 5.41) is 11.0. The van der Waals surface area contributed by atoms with E-state index in [-0.39, 0.29) is 22.7 Å². The van der Waals surface area contributed by atoms with Crippen LogP contribution in [0.2, 0.25) is 0 Å². The standard InChI is InChI=1S/C28H34O5S/c1-19(2)32-23-10-8-20(9-11-23)16-17-28(21-6-4-5-7-21)18-25(29)26(27(30)33-28)34-24-14-12-22(31-3)13-15-24/h8-15,19,21,29H,4-7,16-18H2,1-3H3. The first-order chi connectivity index (χ1) is 16.4. The molecule has 2 aromatic rings. The van der Waals surface area contributed by atoms with Gasteiger partial charge in [0.25, 0.3) is 0 Å². The first-order valence-corrected chi connectivity index (χ1v) is 12.9. The molecular formula is C28H34O5S. The Bertz CT molecular complexity index is 1010. The van der Waals surface area contributed by atoms with Gasteiger partial charge >= 0.3 is 5.97 Å². The molecule has 2 aliphatic rings. The van der Waals surface area contributed by atoms with E-state index in [0.29, 0.717) is 12.8 Å². The zero-order valence-electron chi connectivity index (χ0n) is 20.2. The van der Waals surface area contributed by atoms with Crippen molar-refractivity contribution in [3.8, 4) is 11.5 Å². The van der Waals surface area contributed by atoms with Crippen LogP contribution in [0.3, 0.4) is 0 Å². The lowest BCUT2D eigenvalue weighted by atomic mass is 9.77. The molecule has 0 amide bonds. The van der Waals surface area contributed by atoms with Gasteiger partial charge in [-0.25, -0.2) is 4.79 Å². The molecule has 5 nitrogen and oxygen atoms in total. The molecule has 1 aliphatic heterocycles. The predicted molar refractivity (Wildman–Crippen MR) is 134 cm³/mol. The minimum atomic E-state index is -0.658. The van der Waals surface area contributed by atoms with Crippen LogP contribution in [0.4, 0.5) is 0 Å². The molecule has 1 aliphatic carbocycles. The van der Waals surface area contributed by atoms with Crippen LogP contribution >= 0.6 is 11.8 Å². The van der Waals surface area contributed by atoms with Crippen molar-refractivity contribution in [3.05, 3.63) is 64.8 Å². The third kappa shape index (κ3) is 5.72. The first-order valence-electron chi connectivity index (χ1n) is 12.1. The van der Waals surface area contributed by atoms with Crippen LogP contribution in [0, 0.1) is 5.92 Å². The highest BCUT2D eigenvalue weighted by molar-refractivity contribution is 8.04. The minimum Gasteiger partial charge on any atom is -0.511 e. The van der Waals surface area contributed by atoms with Crippen molar-refractivity contribution in [2.45, 2.75) is 75.4 Å². The van der Waals surface area contributed by atoms with E-state index in [0.717, 1.165) is 48.5 Å². The summed E-state index contributed by atoms with van der Waals surface area (Å²) in [4.78, 5) is 14.3. The second-order valence-electron chi connectivity index (χ2n) is 9.48. The van der Waals surface area contributed by atoms with Gasteiger partial charge in [0, 0.05) is 11.3 Å². The highest BCUT2D eigenvalue weighted by Gasteiger charge is 2.48. The second-order valence-corrected chi connectivity index (χ2v) is 10.6. The van der Waals surface area contributed by atoms with E-state index in [1.807, 2.05) is 50.2 Å².